The molecule has 2 amide bonds. The number of rotatable bonds is 4. The summed E-state index contributed by atoms with van der Waals surface area (Å²) in [6.07, 6.45) is 4.31. The minimum atomic E-state index is -0.0724. The van der Waals surface area contributed by atoms with Crippen molar-refractivity contribution in [2.75, 3.05) is 0 Å². The van der Waals surface area contributed by atoms with E-state index in [2.05, 4.69) is 10.6 Å². The van der Waals surface area contributed by atoms with Crippen molar-refractivity contribution in [1.29, 1.82) is 0 Å². The molecule has 4 atom stereocenters. The van der Waals surface area contributed by atoms with Gasteiger partial charge < -0.3 is 10.6 Å². The van der Waals surface area contributed by atoms with Crippen molar-refractivity contribution in [2.24, 2.45) is 5.92 Å². The van der Waals surface area contributed by atoms with E-state index in [0.717, 1.165) is 24.0 Å². The van der Waals surface area contributed by atoms with Crippen molar-refractivity contribution in [3.63, 3.8) is 0 Å². The van der Waals surface area contributed by atoms with Gasteiger partial charge in [0.15, 0.2) is 0 Å². The molecule has 1 heterocycles. The number of hydrogen-bond donors (Lipinski definition) is 2. The summed E-state index contributed by atoms with van der Waals surface area (Å²) in [5, 5.41) is 7.22. The second kappa shape index (κ2) is 9.27. The summed E-state index contributed by atoms with van der Waals surface area (Å²) in [7, 11) is 0. The van der Waals surface area contributed by atoms with Gasteiger partial charge in [-0.25, -0.2) is 0 Å². The molecule has 2 aliphatic rings. The van der Waals surface area contributed by atoms with Crippen LogP contribution in [0.1, 0.15) is 43.4 Å². The molecule has 1 saturated carbocycles. The van der Waals surface area contributed by atoms with E-state index in [1.54, 1.807) is 11.8 Å². The summed E-state index contributed by atoms with van der Waals surface area (Å²) in [5.74, 6) is -0.0685. The Morgan fingerprint density at radius 3 is 2.77 bits per heavy atom. The molecule has 1 saturated heterocycles. The number of thioether (sulfide) groups is 1. The topological polar surface area (TPSA) is 58.2 Å². The Bertz CT molecular complexity index is 963. The molecular formula is C24H25ClN2O2S. The molecule has 2 aromatic carbocycles. The van der Waals surface area contributed by atoms with Gasteiger partial charge in [-0.3, -0.25) is 9.59 Å². The fourth-order valence-corrected chi connectivity index (χ4v) is 5.63. The summed E-state index contributed by atoms with van der Waals surface area (Å²) in [4.78, 5) is 26.2. The van der Waals surface area contributed by atoms with Gasteiger partial charge in [-0.2, -0.15) is 0 Å². The molecule has 4 unspecified atom stereocenters. The van der Waals surface area contributed by atoms with Crippen LogP contribution in [0.4, 0.5) is 0 Å². The molecule has 30 heavy (non-hydrogen) atoms. The first-order chi connectivity index (χ1) is 14.5. The standard InChI is InChI=1S/C24H25ClN2O2S/c1-15(17-7-3-2-4-8-17)26-23(28)18-10-11-21-20(14-18)27-24(29)22(30-21)13-16-6-5-9-19(25)12-16/h2-9,12-13,15,18,20-21H,10-11,14H2,1H3,(H,26,28)(H,27,29)/b22-13+. The maximum Gasteiger partial charge on any atom is 0.257 e. The maximum atomic E-state index is 12.8. The Morgan fingerprint density at radius 2 is 2.00 bits per heavy atom. The second-order valence-corrected chi connectivity index (χ2v) is 9.67. The van der Waals surface area contributed by atoms with Crippen LogP contribution in [0.25, 0.3) is 6.08 Å². The Hall–Kier alpha value is -2.24. The molecule has 2 aromatic rings. The molecule has 4 nitrogen and oxygen atoms in total. The number of halogens is 1. The molecule has 0 radical (unpaired) electrons. The number of hydrogen-bond acceptors (Lipinski definition) is 3. The molecule has 156 valence electrons. The van der Waals surface area contributed by atoms with Crippen LogP contribution in [0, 0.1) is 5.92 Å². The highest BCUT2D eigenvalue weighted by Crippen LogP contribution is 2.40. The van der Waals surface area contributed by atoms with Crippen molar-refractivity contribution in [2.45, 2.75) is 43.5 Å². The van der Waals surface area contributed by atoms with Crippen LogP contribution in [0.15, 0.2) is 59.5 Å². The van der Waals surface area contributed by atoms with Gasteiger partial charge >= 0.3 is 0 Å². The molecule has 1 aliphatic carbocycles. The Balaban J connectivity index is 1.37. The Kier molecular flexibility index (Phi) is 6.49. The third kappa shape index (κ3) is 4.90. The van der Waals surface area contributed by atoms with Gasteiger partial charge in [0.1, 0.15) is 0 Å². The normalized spacial score (nSPS) is 25.9. The second-order valence-electron chi connectivity index (χ2n) is 7.95. The molecule has 1 aliphatic heterocycles. The molecule has 6 heteroatoms. The largest absolute Gasteiger partial charge is 0.349 e. The van der Waals surface area contributed by atoms with Crippen molar-refractivity contribution in [1.82, 2.24) is 10.6 Å². The van der Waals surface area contributed by atoms with E-state index in [1.165, 1.54) is 0 Å². The van der Waals surface area contributed by atoms with Crippen LogP contribution in [-0.2, 0) is 9.59 Å². The van der Waals surface area contributed by atoms with Gasteiger partial charge in [0.05, 0.1) is 10.9 Å². The van der Waals surface area contributed by atoms with E-state index < -0.39 is 0 Å². The molecule has 2 N–H and O–H groups in total. The lowest BCUT2D eigenvalue weighted by Gasteiger charge is -2.39. The van der Waals surface area contributed by atoms with Crippen LogP contribution >= 0.6 is 23.4 Å². The van der Waals surface area contributed by atoms with Crippen LogP contribution in [0.3, 0.4) is 0 Å². The van der Waals surface area contributed by atoms with Gasteiger partial charge in [0, 0.05) is 22.2 Å². The highest BCUT2D eigenvalue weighted by atomic mass is 35.5. The van der Waals surface area contributed by atoms with Crippen molar-refractivity contribution < 1.29 is 9.59 Å². The quantitative estimate of drug-likeness (QED) is 0.660. The van der Waals surface area contributed by atoms with Crippen LogP contribution in [0.2, 0.25) is 5.02 Å². The Morgan fingerprint density at radius 1 is 1.20 bits per heavy atom. The first kappa shape index (κ1) is 21.0. The van der Waals surface area contributed by atoms with Gasteiger partial charge in [-0.15, -0.1) is 11.8 Å². The number of carbonyl (C=O) groups excluding carboxylic acids is 2. The lowest BCUT2D eigenvalue weighted by Crippen LogP contribution is -2.51. The predicted molar refractivity (Wildman–Crippen MR) is 123 cm³/mol. The van der Waals surface area contributed by atoms with Gasteiger partial charge in [-0.1, -0.05) is 54.1 Å². The fourth-order valence-electron chi connectivity index (χ4n) is 4.13. The van der Waals surface area contributed by atoms with Crippen LogP contribution < -0.4 is 10.6 Å². The SMILES string of the molecule is CC(NC(=O)C1CCC2S/C(=C/c3cccc(Cl)c3)C(=O)NC2C1)c1ccccc1. The third-order valence-corrected chi connectivity index (χ3v) is 7.44. The number of amides is 2. The van der Waals surface area contributed by atoms with E-state index in [4.69, 9.17) is 11.6 Å². The van der Waals surface area contributed by atoms with Crippen LogP contribution in [0.5, 0.6) is 0 Å². The van der Waals surface area contributed by atoms with Gasteiger partial charge in [-0.05, 0) is 55.5 Å². The molecule has 0 aromatic heterocycles. The lowest BCUT2D eigenvalue weighted by atomic mass is 9.84. The smallest absolute Gasteiger partial charge is 0.257 e. The molecule has 2 fully saturated rings. The summed E-state index contributed by atoms with van der Waals surface area (Å²) >= 11 is 7.68. The van der Waals surface area contributed by atoms with Gasteiger partial charge in [0.25, 0.3) is 5.91 Å². The summed E-state index contributed by atoms with van der Waals surface area (Å²) < 4.78 is 0. The zero-order chi connectivity index (χ0) is 21.1. The summed E-state index contributed by atoms with van der Waals surface area (Å²) in [5.41, 5.74) is 2.01. The maximum absolute atomic E-state index is 12.8. The average molecular weight is 441 g/mol. The zero-order valence-electron chi connectivity index (χ0n) is 16.8. The molecule has 0 spiro atoms. The van der Waals surface area contributed by atoms with Crippen molar-refractivity contribution in [3.05, 3.63) is 75.7 Å². The summed E-state index contributed by atoms with van der Waals surface area (Å²) in [6, 6.07) is 17.5. The van der Waals surface area contributed by atoms with E-state index in [0.29, 0.717) is 21.6 Å². The third-order valence-electron chi connectivity index (χ3n) is 5.78. The average Bonchev–Trinajstić information content (AvgIpc) is 2.74. The summed E-state index contributed by atoms with van der Waals surface area (Å²) in [6.45, 7) is 2.00. The van der Waals surface area contributed by atoms with Crippen LogP contribution in [-0.4, -0.2) is 23.1 Å². The molecule has 4 rings (SSSR count). The van der Waals surface area contributed by atoms with Gasteiger partial charge in [0.2, 0.25) is 5.91 Å². The number of nitrogens with one attached hydrogen (secondary N) is 2. The minimum absolute atomic E-state index is 0.0237. The highest BCUT2D eigenvalue weighted by Gasteiger charge is 2.39. The van der Waals surface area contributed by atoms with Crippen molar-refractivity contribution >= 4 is 41.3 Å². The van der Waals surface area contributed by atoms with E-state index >= 15 is 0 Å². The monoisotopic (exact) mass is 440 g/mol. The molecule has 0 bridgehead atoms. The first-order valence-electron chi connectivity index (χ1n) is 10.3. The van der Waals surface area contributed by atoms with Crippen molar-refractivity contribution in [3.8, 4) is 0 Å². The fraction of sp³-hybridized carbons (Fsp3) is 0.333. The first-order valence-corrected chi connectivity index (χ1v) is 11.6. The predicted octanol–water partition coefficient (Wildman–Crippen LogP) is 4.96. The van der Waals surface area contributed by atoms with E-state index in [1.807, 2.05) is 67.6 Å². The van der Waals surface area contributed by atoms with E-state index in [9.17, 15) is 9.59 Å². The number of benzene rings is 2. The molecular weight excluding hydrogens is 416 g/mol. The minimum Gasteiger partial charge on any atom is -0.349 e. The number of fused-ring (bicyclic) bond motifs is 1. The Labute approximate surface area is 186 Å². The van der Waals surface area contributed by atoms with E-state index in [-0.39, 0.29) is 29.8 Å². The zero-order valence-corrected chi connectivity index (χ0v) is 18.4. The lowest BCUT2D eigenvalue weighted by molar-refractivity contribution is -0.127. The highest BCUT2D eigenvalue weighted by molar-refractivity contribution is 8.04. The number of carbonyl (C=O) groups is 2.